The molecule has 0 fully saturated rings. The van der Waals surface area contributed by atoms with Crippen LogP contribution in [0.15, 0.2) is 11.6 Å². The summed E-state index contributed by atoms with van der Waals surface area (Å²) in [5.74, 6) is -1.16. The van der Waals surface area contributed by atoms with Crippen molar-refractivity contribution in [1.82, 2.24) is 0 Å². The van der Waals surface area contributed by atoms with Crippen LogP contribution in [0, 0.1) is 0 Å². The van der Waals surface area contributed by atoms with Crippen molar-refractivity contribution in [2.24, 2.45) is 5.73 Å². The zero-order chi connectivity index (χ0) is 13.8. The molecular weight excluding hydrogens is 249 g/mol. The van der Waals surface area contributed by atoms with Gasteiger partial charge in [0.15, 0.2) is 0 Å². The number of hydrogen-bond acceptors (Lipinski definition) is 3. The molecule has 0 heterocycles. The molecule has 106 valence electrons. The summed E-state index contributed by atoms with van der Waals surface area (Å²) < 4.78 is 0. The molecule has 0 aromatic rings. The fourth-order valence-electron chi connectivity index (χ4n) is 1.92. The SMILES string of the molecule is CCCCCC(=CCC(N)C(=O)[O-])CCCCC.[Na+]. The third-order valence-electron chi connectivity index (χ3n) is 3.17. The van der Waals surface area contributed by atoms with E-state index < -0.39 is 12.0 Å². The van der Waals surface area contributed by atoms with E-state index in [0.29, 0.717) is 6.42 Å². The van der Waals surface area contributed by atoms with Crippen LogP contribution >= 0.6 is 0 Å². The molecule has 1 unspecified atom stereocenters. The van der Waals surface area contributed by atoms with E-state index in [1.165, 1.54) is 44.1 Å². The molecule has 0 saturated carbocycles. The first-order chi connectivity index (χ1) is 8.61. The first-order valence-electron chi connectivity index (χ1n) is 7.26. The molecule has 0 saturated heterocycles. The number of carboxylic acids is 1. The molecule has 19 heavy (non-hydrogen) atoms. The van der Waals surface area contributed by atoms with Crippen molar-refractivity contribution in [3.63, 3.8) is 0 Å². The number of carbonyl (C=O) groups is 1. The van der Waals surface area contributed by atoms with Crippen molar-refractivity contribution in [3.8, 4) is 0 Å². The van der Waals surface area contributed by atoms with Gasteiger partial charge in [0.1, 0.15) is 0 Å². The molecule has 1 atom stereocenters. The Morgan fingerprint density at radius 3 is 1.95 bits per heavy atom. The van der Waals surface area contributed by atoms with Crippen LogP contribution in [0.3, 0.4) is 0 Å². The Hall–Kier alpha value is 0.170. The summed E-state index contributed by atoms with van der Waals surface area (Å²) in [6.45, 7) is 4.37. The number of hydrogen-bond donors (Lipinski definition) is 1. The summed E-state index contributed by atoms with van der Waals surface area (Å²) in [6.07, 6.45) is 11.8. The van der Waals surface area contributed by atoms with Crippen LogP contribution in [-0.4, -0.2) is 12.0 Å². The third-order valence-corrected chi connectivity index (χ3v) is 3.17. The second-order valence-corrected chi connectivity index (χ2v) is 4.94. The molecule has 0 aliphatic carbocycles. The van der Waals surface area contributed by atoms with Crippen LogP contribution in [0.1, 0.15) is 71.6 Å². The quantitative estimate of drug-likeness (QED) is 0.316. The number of unbranched alkanes of at least 4 members (excludes halogenated alkanes) is 4. The fraction of sp³-hybridized carbons (Fsp3) is 0.800. The minimum absolute atomic E-state index is 0. The van der Waals surface area contributed by atoms with Gasteiger partial charge in [0, 0.05) is 6.04 Å². The maximum Gasteiger partial charge on any atom is 1.00 e. The molecule has 0 radical (unpaired) electrons. The van der Waals surface area contributed by atoms with Crippen molar-refractivity contribution >= 4 is 5.97 Å². The molecule has 0 aliphatic rings. The molecule has 3 nitrogen and oxygen atoms in total. The van der Waals surface area contributed by atoms with Crippen LogP contribution in [0.5, 0.6) is 0 Å². The number of allylic oxidation sites excluding steroid dienone is 1. The molecular formula is C15H28NNaO2. The number of aliphatic carboxylic acids is 1. The van der Waals surface area contributed by atoms with Gasteiger partial charge in [0.05, 0.1) is 5.97 Å². The van der Waals surface area contributed by atoms with Gasteiger partial charge >= 0.3 is 29.6 Å². The van der Waals surface area contributed by atoms with Crippen molar-refractivity contribution in [1.29, 1.82) is 0 Å². The van der Waals surface area contributed by atoms with E-state index in [-0.39, 0.29) is 29.6 Å². The topological polar surface area (TPSA) is 66.2 Å². The molecule has 0 aromatic heterocycles. The fourth-order valence-corrected chi connectivity index (χ4v) is 1.92. The Balaban J connectivity index is 0. The number of rotatable bonds is 11. The predicted octanol–water partition coefficient (Wildman–Crippen LogP) is -0.455. The minimum atomic E-state index is -1.16. The molecule has 0 bridgehead atoms. The van der Waals surface area contributed by atoms with E-state index >= 15 is 0 Å². The van der Waals surface area contributed by atoms with Crippen molar-refractivity contribution in [3.05, 3.63) is 11.6 Å². The summed E-state index contributed by atoms with van der Waals surface area (Å²) in [6, 6.07) is -0.864. The van der Waals surface area contributed by atoms with Gasteiger partial charge in [-0.1, -0.05) is 51.2 Å². The Labute approximate surface area is 140 Å². The largest absolute Gasteiger partial charge is 1.00 e. The normalized spacial score (nSPS) is 11.5. The minimum Gasteiger partial charge on any atom is -0.548 e. The van der Waals surface area contributed by atoms with E-state index in [4.69, 9.17) is 5.73 Å². The van der Waals surface area contributed by atoms with Gasteiger partial charge in [-0.2, -0.15) is 0 Å². The molecule has 2 N–H and O–H groups in total. The van der Waals surface area contributed by atoms with Gasteiger partial charge in [-0.3, -0.25) is 0 Å². The first kappa shape index (κ1) is 21.5. The molecule has 0 aliphatic heterocycles. The maximum absolute atomic E-state index is 10.6. The number of carbonyl (C=O) groups excluding carboxylic acids is 1. The van der Waals surface area contributed by atoms with Gasteiger partial charge in [-0.25, -0.2) is 0 Å². The van der Waals surface area contributed by atoms with E-state index in [9.17, 15) is 9.90 Å². The molecule has 0 aromatic carbocycles. The second-order valence-electron chi connectivity index (χ2n) is 4.94. The van der Waals surface area contributed by atoms with Gasteiger partial charge < -0.3 is 15.6 Å². The summed E-state index contributed by atoms with van der Waals surface area (Å²) in [4.78, 5) is 10.6. The van der Waals surface area contributed by atoms with Gasteiger partial charge in [-0.15, -0.1) is 0 Å². The van der Waals surface area contributed by atoms with Crippen LogP contribution < -0.4 is 40.4 Å². The Morgan fingerprint density at radius 2 is 1.58 bits per heavy atom. The molecule has 0 spiro atoms. The van der Waals surface area contributed by atoms with Crippen LogP contribution in [-0.2, 0) is 4.79 Å². The Bertz CT molecular complexity index is 243. The predicted molar refractivity (Wildman–Crippen MR) is 74.0 cm³/mol. The standard InChI is InChI=1S/C15H29NO2.Na/c1-3-5-7-9-13(10-8-6-4-2)11-12-14(16)15(17)18;/h11,14H,3-10,12,16H2,1-2H3,(H,17,18);/q;+1/p-1. The molecule has 4 heteroatoms. The molecule has 0 rings (SSSR count). The first-order valence-corrected chi connectivity index (χ1v) is 7.26. The average molecular weight is 277 g/mol. The summed E-state index contributed by atoms with van der Waals surface area (Å²) in [5.41, 5.74) is 6.84. The monoisotopic (exact) mass is 277 g/mol. The average Bonchev–Trinajstić information content (AvgIpc) is 2.35. The third kappa shape index (κ3) is 12.9. The van der Waals surface area contributed by atoms with Crippen LogP contribution in [0.4, 0.5) is 0 Å². The Kier molecular flexibility index (Phi) is 16.5. The second kappa shape index (κ2) is 14.6. The summed E-state index contributed by atoms with van der Waals surface area (Å²) >= 11 is 0. The van der Waals surface area contributed by atoms with E-state index in [1.807, 2.05) is 6.08 Å². The van der Waals surface area contributed by atoms with E-state index in [1.54, 1.807) is 0 Å². The van der Waals surface area contributed by atoms with Crippen LogP contribution in [0.25, 0.3) is 0 Å². The van der Waals surface area contributed by atoms with Crippen LogP contribution in [0.2, 0.25) is 0 Å². The zero-order valence-electron chi connectivity index (χ0n) is 12.9. The van der Waals surface area contributed by atoms with Gasteiger partial charge in [0.25, 0.3) is 0 Å². The number of carboxylic acid groups (broad SMARTS) is 1. The smallest absolute Gasteiger partial charge is 0.548 e. The zero-order valence-corrected chi connectivity index (χ0v) is 14.9. The summed E-state index contributed by atoms with van der Waals surface area (Å²) in [7, 11) is 0. The van der Waals surface area contributed by atoms with Crippen molar-refractivity contribution in [2.45, 2.75) is 77.7 Å². The van der Waals surface area contributed by atoms with Crippen molar-refractivity contribution in [2.75, 3.05) is 0 Å². The van der Waals surface area contributed by atoms with E-state index in [2.05, 4.69) is 13.8 Å². The number of nitrogens with two attached hydrogens (primary N) is 1. The summed E-state index contributed by atoms with van der Waals surface area (Å²) in [5, 5.41) is 10.6. The van der Waals surface area contributed by atoms with Gasteiger partial charge in [0.2, 0.25) is 0 Å². The molecule has 0 amide bonds. The van der Waals surface area contributed by atoms with E-state index in [0.717, 1.165) is 12.8 Å². The van der Waals surface area contributed by atoms with Crippen molar-refractivity contribution < 1.29 is 39.5 Å². The Morgan fingerprint density at radius 1 is 1.11 bits per heavy atom. The van der Waals surface area contributed by atoms with Gasteiger partial charge in [-0.05, 0) is 32.1 Å². The maximum atomic E-state index is 10.6.